The van der Waals surface area contributed by atoms with Crippen LogP contribution >= 0.6 is 11.8 Å². The summed E-state index contributed by atoms with van der Waals surface area (Å²) in [5.74, 6) is -1.10. The van der Waals surface area contributed by atoms with Crippen LogP contribution in [0.2, 0.25) is 0 Å². The Morgan fingerprint density at radius 3 is 2.53 bits per heavy atom. The van der Waals surface area contributed by atoms with Crippen LogP contribution in [-0.2, 0) is 13.2 Å². The van der Waals surface area contributed by atoms with Gasteiger partial charge in [-0.1, -0.05) is 66.4 Å². The number of thioether (sulfide) groups is 1. The summed E-state index contributed by atoms with van der Waals surface area (Å²) in [6, 6.07) is 20.8. The van der Waals surface area contributed by atoms with E-state index in [1.165, 1.54) is 6.07 Å². The lowest BCUT2D eigenvalue weighted by Crippen LogP contribution is -2.09. The van der Waals surface area contributed by atoms with Gasteiger partial charge in [-0.15, -0.1) is 16.8 Å². The quantitative estimate of drug-likeness (QED) is 0.160. The van der Waals surface area contributed by atoms with Crippen LogP contribution in [0.3, 0.4) is 0 Å². The van der Waals surface area contributed by atoms with E-state index in [1.807, 2.05) is 54.6 Å². The van der Waals surface area contributed by atoms with E-state index in [4.69, 9.17) is 4.74 Å². The highest BCUT2D eigenvalue weighted by Crippen LogP contribution is 2.30. The van der Waals surface area contributed by atoms with Gasteiger partial charge in [-0.2, -0.15) is 0 Å². The Hall–Kier alpha value is -3.78. The third-order valence-electron chi connectivity index (χ3n) is 5.01. The third kappa shape index (κ3) is 5.40. The molecule has 0 spiro atoms. The number of ketones is 1. The number of benzene rings is 3. The number of carbonyl (C=O) groups is 1. The molecule has 4 rings (SSSR count). The zero-order chi connectivity index (χ0) is 23.9. The fourth-order valence-corrected chi connectivity index (χ4v) is 4.18. The molecule has 0 N–H and O–H groups in total. The summed E-state index contributed by atoms with van der Waals surface area (Å²) in [5.41, 5.74) is 2.10. The number of Topliss-reactive ketones (excluding diaryl/α,β-unsaturated/α-hetero) is 1. The summed E-state index contributed by atoms with van der Waals surface area (Å²) < 4.78 is 34.5. The molecule has 1 heterocycles. The maximum absolute atomic E-state index is 13.4. The van der Waals surface area contributed by atoms with Crippen LogP contribution in [0, 0.1) is 11.6 Å². The molecule has 0 saturated carbocycles. The van der Waals surface area contributed by atoms with Gasteiger partial charge in [0, 0.05) is 17.7 Å². The predicted octanol–water partition coefficient (Wildman–Crippen LogP) is 5.96. The van der Waals surface area contributed by atoms with Crippen molar-refractivity contribution >= 4 is 17.5 Å². The van der Waals surface area contributed by atoms with Gasteiger partial charge in [-0.25, -0.2) is 8.78 Å². The molecule has 5 nitrogen and oxygen atoms in total. The van der Waals surface area contributed by atoms with E-state index in [0.717, 1.165) is 35.0 Å². The number of ether oxygens (including phenoxy) is 1. The Bertz CT molecular complexity index is 1310. The van der Waals surface area contributed by atoms with E-state index in [2.05, 4.69) is 16.8 Å². The molecule has 0 radical (unpaired) electrons. The van der Waals surface area contributed by atoms with Crippen molar-refractivity contribution in [3.63, 3.8) is 0 Å². The molecular formula is C26H21F2N3O2S. The lowest BCUT2D eigenvalue weighted by Gasteiger charge is -2.12. The normalized spacial score (nSPS) is 10.8. The van der Waals surface area contributed by atoms with Gasteiger partial charge >= 0.3 is 0 Å². The Morgan fingerprint density at radius 2 is 1.76 bits per heavy atom. The molecule has 0 bridgehead atoms. The lowest BCUT2D eigenvalue weighted by molar-refractivity contribution is 0.102. The Labute approximate surface area is 200 Å². The molecule has 0 fully saturated rings. The predicted molar refractivity (Wildman–Crippen MR) is 128 cm³/mol. The summed E-state index contributed by atoms with van der Waals surface area (Å²) >= 11 is 1.16. The van der Waals surface area contributed by atoms with Crippen LogP contribution in [-0.4, -0.2) is 26.3 Å². The van der Waals surface area contributed by atoms with Gasteiger partial charge in [0.1, 0.15) is 12.4 Å². The monoisotopic (exact) mass is 477 g/mol. The summed E-state index contributed by atoms with van der Waals surface area (Å²) in [4.78, 5) is 12.4. The summed E-state index contributed by atoms with van der Waals surface area (Å²) in [5, 5.41) is 8.92. The van der Waals surface area contributed by atoms with Gasteiger partial charge in [0.2, 0.25) is 0 Å². The van der Waals surface area contributed by atoms with Gasteiger partial charge in [0.25, 0.3) is 0 Å². The second kappa shape index (κ2) is 10.9. The van der Waals surface area contributed by atoms with Crippen molar-refractivity contribution < 1.29 is 18.3 Å². The van der Waals surface area contributed by atoms with Gasteiger partial charge < -0.3 is 4.74 Å². The van der Waals surface area contributed by atoms with Gasteiger partial charge in [-0.3, -0.25) is 9.36 Å². The topological polar surface area (TPSA) is 57.0 Å². The van der Waals surface area contributed by atoms with Crippen molar-refractivity contribution in [3.05, 3.63) is 108 Å². The molecule has 8 heteroatoms. The van der Waals surface area contributed by atoms with Crippen LogP contribution < -0.4 is 4.74 Å². The number of hydrogen-bond donors (Lipinski definition) is 0. The van der Waals surface area contributed by atoms with Crippen LogP contribution in [0.5, 0.6) is 5.75 Å². The minimum Gasteiger partial charge on any atom is -0.485 e. The number of carbonyl (C=O) groups excluding carboxylic acids is 1. The van der Waals surface area contributed by atoms with Crippen molar-refractivity contribution in [3.8, 4) is 16.9 Å². The van der Waals surface area contributed by atoms with E-state index in [1.54, 1.807) is 10.6 Å². The van der Waals surface area contributed by atoms with Gasteiger partial charge in [-0.05, 0) is 29.8 Å². The number of hydrogen-bond acceptors (Lipinski definition) is 5. The molecular weight excluding hydrogens is 456 g/mol. The first-order valence-electron chi connectivity index (χ1n) is 10.5. The van der Waals surface area contributed by atoms with Gasteiger partial charge in [0.15, 0.2) is 28.4 Å². The van der Waals surface area contributed by atoms with E-state index >= 15 is 0 Å². The fourth-order valence-electron chi connectivity index (χ4n) is 3.32. The second-order valence-electron chi connectivity index (χ2n) is 7.29. The van der Waals surface area contributed by atoms with E-state index in [9.17, 15) is 13.6 Å². The molecule has 0 aliphatic rings. The molecule has 0 unspecified atom stereocenters. The Balaban J connectivity index is 1.47. The first-order valence-corrected chi connectivity index (χ1v) is 11.5. The molecule has 0 aliphatic carbocycles. The highest BCUT2D eigenvalue weighted by Gasteiger charge is 2.16. The minimum absolute atomic E-state index is 0.00194. The molecule has 0 atom stereocenters. The summed E-state index contributed by atoms with van der Waals surface area (Å²) in [6.07, 6.45) is 1.70. The average molecular weight is 478 g/mol. The van der Waals surface area contributed by atoms with Crippen LogP contribution in [0.15, 0.2) is 90.6 Å². The van der Waals surface area contributed by atoms with Crippen LogP contribution in [0.1, 0.15) is 16.2 Å². The number of halogens is 2. The highest BCUT2D eigenvalue weighted by atomic mass is 32.2. The second-order valence-corrected chi connectivity index (χ2v) is 8.23. The molecule has 172 valence electrons. The average Bonchev–Trinajstić information content (AvgIpc) is 3.25. The SMILES string of the molecule is C=CCn1c(COc2ccccc2-c2ccccc2)nnc1SCC(=O)c1ccc(F)c(F)c1. The first kappa shape index (κ1) is 23.4. The molecule has 3 aromatic carbocycles. The fraction of sp³-hybridized carbons (Fsp3) is 0.115. The Morgan fingerprint density at radius 1 is 1.00 bits per heavy atom. The van der Waals surface area contributed by atoms with E-state index < -0.39 is 11.6 Å². The molecule has 0 saturated heterocycles. The lowest BCUT2D eigenvalue weighted by atomic mass is 10.1. The largest absolute Gasteiger partial charge is 0.485 e. The molecule has 1 aromatic heterocycles. The van der Waals surface area contributed by atoms with E-state index in [-0.39, 0.29) is 23.7 Å². The summed E-state index contributed by atoms with van der Waals surface area (Å²) in [6.45, 7) is 4.37. The number of para-hydroxylation sites is 1. The van der Waals surface area contributed by atoms with Crippen LogP contribution in [0.25, 0.3) is 11.1 Å². The zero-order valence-electron chi connectivity index (χ0n) is 18.2. The standard InChI is InChI=1S/C26H21F2N3O2S/c1-2-14-31-25(16-33-24-11-7-6-10-20(24)18-8-4-3-5-9-18)29-30-26(31)34-17-23(32)19-12-13-21(27)22(28)15-19/h2-13,15H,1,14,16-17H2. The van der Waals surface area contributed by atoms with Crippen molar-refractivity contribution in [2.24, 2.45) is 0 Å². The summed E-state index contributed by atoms with van der Waals surface area (Å²) in [7, 11) is 0. The van der Waals surface area contributed by atoms with Crippen molar-refractivity contribution in [1.29, 1.82) is 0 Å². The number of nitrogens with zero attached hydrogens (tertiary/aromatic N) is 3. The van der Waals surface area contributed by atoms with Gasteiger partial charge in [0.05, 0.1) is 5.75 Å². The molecule has 0 aliphatic heterocycles. The first-order chi connectivity index (χ1) is 16.6. The van der Waals surface area contributed by atoms with Crippen molar-refractivity contribution in [2.45, 2.75) is 18.3 Å². The Kier molecular flexibility index (Phi) is 7.49. The number of rotatable bonds is 10. The smallest absolute Gasteiger partial charge is 0.192 e. The van der Waals surface area contributed by atoms with E-state index in [0.29, 0.717) is 23.3 Å². The number of allylic oxidation sites excluding steroid dienone is 1. The van der Waals surface area contributed by atoms with Crippen molar-refractivity contribution in [1.82, 2.24) is 14.8 Å². The minimum atomic E-state index is -1.05. The zero-order valence-corrected chi connectivity index (χ0v) is 19.0. The molecule has 4 aromatic rings. The highest BCUT2D eigenvalue weighted by molar-refractivity contribution is 7.99. The van der Waals surface area contributed by atoms with Crippen LogP contribution in [0.4, 0.5) is 8.78 Å². The maximum Gasteiger partial charge on any atom is 0.192 e. The number of aromatic nitrogens is 3. The van der Waals surface area contributed by atoms with Crippen molar-refractivity contribution in [2.75, 3.05) is 5.75 Å². The maximum atomic E-state index is 13.4. The molecule has 0 amide bonds. The molecule has 34 heavy (non-hydrogen) atoms. The third-order valence-corrected chi connectivity index (χ3v) is 5.97.